The molecule has 2 rings (SSSR count). The Bertz CT molecular complexity index is 438. The van der Waals surface area contributed by atoms with Crippen molar-refractivity contribution in [3.05, 3.63) is 34.6 Å². The molecule has 0 amide bonds. The van der Waals surface area contributed by atoms with Crippen LogP contribution >= 0.6 is 11.6 Å². The van der Waals surface area contributed by atoms with E-state index >= 15 is 0 Å². The average Bonchev–Trinajstić information content (AvgIpc) is 2.38. The van der Waals surface area contributed by atoms with Gasteiger partial charge in [-0.05, 0) is 43.4 Å². The summed E-state index contributed by atoms with van der Waals surface area (Å²) < 4.78 is 13.3. The molecule has 1 aliphatic rings. The third kappa shape index (κ3) is 3.28. The van der Waals surface area contributed by atoms with Crippen LogP contribution in [0, 0.1) is 11.7 Å². The van der Waals surface area contributed by atoms with Gasteiger partial charge in [0.1, 0.15) is 5.82 Å². The summed E-state index contributed by atoms with van der Waals surface area (Å²) in [6.45, 7) is 6.07. The van der Waals surface area contributed by atoms with E-state index in [1.165, 1.54) is 18.9 Å². The van der Waals surface area contributed by atoms with Crippen LogP contribution in [0.4, 0.5) is 4.39 Å². The summed E-state index contributed by atoms with van der Waals surface area (Å²) in [5, 5.41) is 0.175. The number of nitrogens with zero attached hydrogens (tertiary/aromatic N) is 1. The molecule has 0 aromatic heterocycles. The first-order chi connectivity index (χ1) is 9.02. The maximum Gasteiger partial charge on any atom is 0.141 e. The monoisotopic (exact) mass is 284 g/mol. The van der Waals surface area contributed by atoms with Gasteiger partial charge in [-0.25, -0.2) is 4.39 Å². The molecule has 0 spiro atoms. The van der Waals surface area contributed by atoms with E-state index in [2.05, 4.69) is 18.7 Å². The first-order valence-electron chi connectivity index (χ1n) is 6.93. The zero-order chi connectivity index (χ0) is 14.0. The molecule has 106 valence electrons. The van der Waals surface area contributed by atoms with Gasteiger partial charge in [0.15, 0.2) is 0 Å². The maximum atomic E-state index is 13.3. The van der Waals surface area contributed by atoms with Crippen molar-refractivity contribution < 1.29 is 4.39 Å². The van der Waals surface area contributed by atoms with Gasteiger partial charge in [0, 0.05) is 25.2 Å². The molecule has 2 N–H and O–H groups in total. The van der Waals surface area contributed by atoms with Gasteiger partial charge in [-0.2, -0.15) is 0 Å². The van der Waals surface area contributed by atoms with Crippen LogP contribution in [0.2, 0.25) is 5.02 Å². The lowest BCUT2D eigenvalue weighted by atomic mass is 9.91. The lowest BCUT2D eigenvalue weighted by Gasteiger charge is -2.42. The fourth-order valence-electron chi connectivity index (χ4n) is 2.94. The summed E-state index contributed by atoms with van der Waals surface area (Å²) in [6, 6.07) is 5.56. The fraction of sp³-hybridized carbons (Fsp3) is 0.600. The van der Waals surface area contributed by atoms with E-state index in [4.69, 9.17) is 17.3 Å². The van der Waals surface area contributed by atoms with Crippen LogP contribution in [0.1, 0.15) is 38.3 Å². The lowest BCUT2D eigenvalue weighted by molar-refractivity contribution is 0.0798. The number of hydrogen-bond donors (Lipinski definition) is 1. The zero-order valence-corrected chi connectivity index (χ0v) is 12.3. The Balaban J connectivity index is 2.25. The Kier molecular flexibility index (Phi) is 4.82. The number of benzene rings is 1. The molecule has 0 saturated carbocycles. The summed E-state index contributed by atoms with van der Waals surface area (Å²) in [4.78, 5) is 2.43. The standard InChI is InChI=1S/C15H22ClFN2/c1-10-3-4-11(2)19(9-10)15(8-18)12-5-6-14(17)13(16)7-12/h5-7,10-11,15H,3-4,8-9,18H2,1-2H3. The third-order valence-electron chi connectivity index (χ3n) is 4.12. The van der Waals surface area contributed by atoms with Crippen LogP contribution in [0.25, 0.3) is 0 Å². The van der Waals surface area contributed by atoms with Crippen molar-refractivity contribution in [3.8, 4) is 0 Å². The Hall–Kier alpha value is -0.640. The fourth-order valence-corrected chi connectivity index (χ4v) is 3.13. The molecular formula is C15H22ClFN2. The van der Waals surface area contributed by atoms with E-state index in [0.717, 1.165) is 12.1 Å². The topological polar surface area (TPSA) is 29.3 Å². The smallest absolute Gasteiger partial charge is 0.141 e. The van der Waals surface area contributed by atoms with E-state index in [1.54, 1.807) is 12.1 Å². The second-order valence-corrected chi connectivity index (χ2v) is 6.06. The number of piperidine rings is 1. The van der Waals surface area contributed by atoms with Crippen molar-refractivity contribution in [1.29, 1.82) is 0 Å². The van der Waals surface area contributed by atoms with Crippen molar-refractivity contribution in [3.63, 3.8) is 0 Å². The quantitative estimate of drug-likeness (QED) is 0.919. The molecule has 1 saturated heterocycles. The Morgan fingerprint density at radius 1 is 1.42 bits per heavy atom. The van der Waals surface area contributed by atoms with Crippen LogP contribution in [0.3, 0.4) is 0 Å². The van der Waals surface area contributed by atoms with E-state index in [-0.39, 0.29) is 16.9 Å². The molecule has 2 nitrogen and oxygen atoms in total. The normalized spacial score (nSPS) is 26.4. The maximum absolute atomic E-state index is 13.3. The molecule has 0 radical (unpaired) electrons. The molecule has 4 heteroatoms. The predicted molar refractivity (Wildman–Crippen MR) is 77.8 cm³/mol. The first-order valence-corrected chi connectivity index (χ1v) is 7.31. The van der Waals surface area contributed by atoms with Crippen LogP contribution in [0.5, 0.6) is 0 Å². The van der Waals surface area contributed by atoms with Crippen LogP contribution in [-0.2, 0) is 0 Å². The molecular weight excluding hydrogens is 263 g/mol. The molecule has 0 bridgehead atoms. The molecule has 1 aliphatic heterocycles. The second kappa shape index (κ2) is 6.21. The highest BCUT2D eigenvalue weighted by molar-refractivity contribution is 6.30. The van der Waals surface area contributed by atoms with Gasteiger partial charge < -0.3 is 5.73 Å². The third-order valence-corrected chi connectivity index (χ3v) is 4.41. The number of likely N-dealkylation sites (tertiary alicyclic amines) is 1. The van der Waals surface area contributed by atoms with Crippen LogP contribution in [0.15, 0.2) is 18.2 Å². The predicted octanol–water partition coefficient (Wildman–Crippen LogP) is 3.60. The second-order valence-electron chi connectivity index (χ2n) is 5.65. The van der Waals surface area contributed by atoms with Crippen LogP contribution in [-0.4, -0.2) is 24.0 Å². The van der Waals surface area contributed by atoms with Crippen molar-refractivity contribution in [1.82, 2.24) is 4.90 Å². The minimum atomic E-state index is -0.374. The van der Waals surface area contributed by atoms with E-state index in [0.29, 0.717) is 18.5 Å². The SMILES string of the molecule is CC1CCC(C)N(C(CN)c2ccc(F)c(Cl)c2)C1. The number of nitrogens with two attached hydrogens (primary N) is 1. The molecule has 1 heterocycles. The van der Waals surface area contributed by atoms with Crippen molar-refractivity contribution in [2.45, 2.75) is 38.8 Å². The van der Waals surface area contributed by atoms with Crippen molar-refractivity contribution in [2.75, 3.05) is 13.1 Å². The molecule has 1 aromatic carbocycles. The molecule has 0 aliphatic carbocycles. The Morgan fingerprint density at radius 2 is 2.16 bits per heavy atom. The number of rotatable bonds is 3. The van der Waals surface area contributed by atoms with E-state index in [1.807, 2.05) is 0 Å². The van der Waals surface area contributed by atoms with Crippen molar-refractivity contribution >= 4 is 11.6 Å². The van der Waals surface area contributed by atoms with Crippen molar-refractivity contribution in [2.24, 2.45) is 11.7 Å². The van der Waals surface area contributed by atoms with Gasteiger partial charge in [-0.15, -0.1) is 0 Å². The van der Waals surface area contributed by atoms with Gasteiger partial charge in [-0.3, -0.25) is 4.90 Å². The summed E-state index contributed by atoms with van der Waals surface area (Å²) in [7, 11) is 0. The summed E-state index contributed by atoms with van der Waals surface area (Å²) in [5.74, 6) is 0.308. The highest BCUT2D eigenvalue weighted by Gasteiger charge is 2.29. The van der Waals surface area contributed by atoms with Gasteiger partial charge in [-0.1, -0.05) is 24.6 Å². The number of hydrogen-bond acceptors (Lipinski definition) is 2. The van der Waals surface area contributed by atoms with E-state index in [9.17, 15) is 4.39 Å². The van der Waals surface area contributed by atoms with Crippen LogP contribution < -0.4 is 5.73 Å². The van der Waals surface area contributed by atoms with Gasteiger partial charge >= 0.3 is 0 Å². The Morgan fingerprint density at radius 3 is 2.79 bits per heavy atom. The Labute approximate surface area is 119 Å². The van der Waals surface area contributed by atoms with E-state index < -0.39 is 0 Å². The first kappa shape index (κ1) is 14.8. The van der Waals surface area contributed by atoms with Gasteiger partial charge in [0.25, 0.3) is 0 Å². The minimum absolute atomic E-state index is 0.121. The largest absolute Gasteiger partial charge is 0.329 e. The zero-order valence-electron chi connectivity index (χ0n) is 11.6. The molecule has 19 heavy (non-hydrogen) atoms. The highest BCUT2D eigenvalue weighted by atomic mass is 35.5. The van der Waals surface area contributed by atoms with Gasteiger partial charge in [0.2, 0.25) is 0 Å². The molecule has 3 atom stereocenters. The van der Waals surface area contributed by atoms with Gasteiger partial charge in [0.05, 0.1) is 5.02 Å². The summed E-state index contributed by atoms with van der Waals surface area (Å²) in [5.41, 5.74) is 6.96. The highest BCUT2D eigenvalue weighted by Crippen LogP contribution is 2.31. The lowest BCUT2D eigenvalue weighted by Crippen LogP contribution is -2.45. The molecule has 1 aromatic rings. The minimum Gasteiger partial charge on any atom is -0.329 e. The summed E-state index contributed by atoms with van der Waals surface area (Å²) in [6.07, 6.45) is 2.45. The number of halogens is 2. The molecule has 1 fully saturated rings. The average molecular weight is 285 g/mol. The summed E-state index contributed by atoms with van der Waals surface area (Å²) >= 11 is 5.88. The molecule has 3 unspecified atom stereocenters.